The molecule has 1 aliphatic rings. The number of aliphatic hydroxyl groups excluding tert-OH is 1. The van der Waals surface area contributed by atoms with E-state index < -0.39 is 0 Å². The number of nitrogens with zero attached hydrogens (tertiary/aromatic N) is 3. The normalized spacial score (nSPS) is 17.1. The van der Waals surface area contributed by atoms with Crippen molar-refractivity contribution in [1.82, 2.24) is 9.80 Å². The Morgan fingerprint density at radius 3 is 2.16 bits per heavy atom. The molecule has 110 valence electrons. The number of hydrogen-bond acceptors (Lipinski definition) is 4. The fourth-order valence-corrected chi connectivity index (χ4v) is 1.84. The quantitative estimate of drug-likeness (QED) is 0.746. The lowest BCUT2D eigenvalue weighted by Crippen LogP contribution is -2.47. The Hall–Kier alpha value is -0.970. The average molecular weight is 267 g/mol. The van der Waals surface area contributed by atoms with Gasteiger partial charge < -0.3 is 5.11 Å². The van der Waals surface area contributed by atoms with Crippen LogP contribution >= 0.6 is 0 Å². The van der Waals surface area contributed by atoms with Crippen molar-refractivity contribution in [2.45, 2.75) is 20.8 Å². The number of rotatable bonds is 6. The second-order valence-corrected chi connectivity index (χ2v) is 4.49. The molecule has 1 aliphatic heterocycles. The van der Waals surface area contributed by atoms with Crippen LogP contribution in [0.5, 0.6) is 0 Å². The lowest BCUT2D eigenvalue weighted by Gasteiger charge is -2.34. The van der Waals surface area contributed by atoms with E-state index in [0.29, 0.717) is 0 Å². The van der Waals surface area contributed by atoms with Gasteiger partial charge in [-0.15, -0.1) is 0 Å². The van der Waals surface area contributed by atoms with Crippen LogP contribution < -0.4 is 0 Å². The van der Waals surface area contributed by atoms with Crippen molar-refractivity contribution in [3.05, 3.63) is 24.4 Å². The summed E-state index contributed by atoms with van der Waals surface area (Å²) in [6.07, 6.45) is 1.79. The molecule has 1 rings (SSSR count). The molecule has 0 atom stereocenters. The summed E-state index contributed by atoms with van der Waals surface area (Å²) in [5, 5.41) is 8.86. The number of β-amino-alcohol motifs (C(OH)–C–C–N with tert-alkyl or cyclic N) is 1. The van der Waals surface area contributed by atoms with Crippen LogP contribution in [0.3, 0.4) is 0 Å². The van der Waals surface area contributed by atoms with Gasteiger partial charge in [0.05, 0.1) is 6.61 Å². The predicted octanol–water partition coefficient (Wildman–Crippen LogP) is 1.78. The van der Waals surface area contributed by atoms with Crippen LogP contribution in [0.25, 0.3) is 0 Å². The van der Waals surface area contributed by atoms with Crippen molar-refractivity contribution in [3.8, 4) is 0 Å². The Morgan fingerprint density at radius 2 is 1.68 bits per heavy atom. The molecule has 1 N–H and O–H groups in total. The minimum atomic E-state index is 0.248. The highest BCUT2D eigenvalue weighted by Gasteiger charge is 2.15. The third kappa shape index (κ3) is 8.70. The summed E-state index contributed by atoms with van der Waals surface area (Å²) in [6, 6.07) is 0. The predicted molar refractivity (Wildman–Crippen MR) is 83.8 cm³/mol. The molecule has 0 amide bonds. The van der Waals surface area contributed by atoms with E-state index in [1.807, 2.05) is 20.8 Å². The van der Waals surface area contributed by atoms with Gasteiger partial charge in [-0.3, -0.25) is 14.8 Å². The van der Waals surface area contributed by atoms with E-state index in [2.05, 4.69) is 28.0 Å². The van der Waals surface area contributed by atoms with Crippen molar-refractivity contribution in [2.24, 2.45) is 4.99 Å². The summed E-state index contributed by atoms with van der Waals surface area (Å²) in [5.41, 5.74) is 1.82. The van der Waals surface area contributed by atoms with Crippen molar-refractivity contribution in [1.29, 1.82) is 0 Å². The van der Waals surface area contributed by atoms with Crippen molar-refractivity contribution < 1.29 is 5.11 Å². The van der Waals surface area contributed by atoms with Gasteiger partial charge in [0.25, 0.3) is 0 Å². The Balaban J connectivity index is 0.00000154. The maximum Gasteiger partial charge on any atom is 0.0558 e. The zero-order valence-electron chi connectivity index (χ0n) is 12.7. The molecular formula is C15H29N3O. The van der Waals surface area contributed by atoms with Crippen LogP contribution in [0, 0.1) is 0 Å². The highest BCUT2D eigenvalue weighted by molar-refractivity contribution is 5.78. The number of allylic oxidation sites excluding steroid dienone is 1. The highest BCUT2D eigenvalue weighted by Crippen LogP contribution is 2.03. The summed E-state index contributed by atoms with van der Waals surface area (Å²) in [6.45, 7) is 19.6. The first-order valence-electron chi connectivity index (χ1n) is 7.04. The van der Waals surface area contributed by atoms with E-state index in [0.717, 1.165) is 50.5 Å². The standard InChI is InChI=1S/C13H23N3O.C2H6/c1-12(2)14-10-13(3)11-16-6-4-15(5-7-16)8-9-17;1-2/h10,17H,1,3-9,11H2,2H3;1-2H3. The fraction of sp³-hybridized carbons (Fsp3) is 0.667. The smallest absolute Gasteiger partial charge is 0.0558 e. The van der Waals surface area contributed by atoms with Crippen LogP contribution in [-0.4, -0.2) is 67.0 Å². The third-order valence-electron chi connectivity index (χ3n) is 2.78. The molecule has 0 bridgehead atoms. The molecule has 19 heavy (non-hydrogen) atoms. The van der Waals surface area contributed by atoms with E-state index in [9.17, 15) is 0 Å². The molecule has 0 aliphatic carbocycles. The molecule has 1 heterocycles. The van der Waals surface area contributed by atoms with E-state index in [4.69, 9.17) is 5.11 Å². The minimum absolute atomic E-state index is 0.248. The molecule has 1 saturated heterocycles. The largest absolute Gasteiger partial charge is 0.395 e. The SMILES string of the molecule is C=C(C=NC(=C)C)CN1CCN(CCO)CC1.CC. The van der Waals surface area contributed by atoms with Gasteiger partial charge in [-0.2, -0.15) is 0 Å². The zero-order valence-corrected chi connectivity index (χ0v) is 12.7. The second kappa shape index (κ2) is 10.9. The van der Waals surface area contributed by atoms with Crippen LogP contribution in [0.2, 0.25) is 0 Å². The summed E-state index contributed by atoms with van der Waals surface area (Å²) >= 11 is 0. The number of piperazine rings is 1. The molecule has 4 heteroatoms. The van der Waals surface area contributed by atoms with Gasteiger partial charge in [-0.1, -0.05) is 27.0 Å². The van der Waals surface area contributed by atoms with E-state index in [-0.39, 0.29) is 6.61 Å². The van der Waals surface area contributed by atoms with Crippen molar-refractivity contribution >= 4 is 6.21 Å². The summed E-state index contributed by atoms with van der Waals surface area (Å²) in [7, 11) is 0. The monoisotopic (exact) mass is 267 g/mol. The van der Waals surface area contributed by atoms with Gasteiger partial charge in [0.1, 0.15) is 0 Å². The molecule has 0 aromatic rings. The van der Waals surface area contributed by atoms with Gasteiger partial charge in [0, 0.05) is 51.2 Å². The summed E-state index contributed by atoms with van der Waals surface area (Å²) < 4.78 is 0. The highest BCUT2D eigenvalue weighted by atomic mass is 16.3. The number of hydrogen-bond donors (Lipinski definition) is 1. The topological polar surface area (TPSA) is 39.1 Å². The molecule has 0 spiro atoms. The first kappa shape index (κ1) is 18.0. The van der Waals surface area contributed by atoms with Crippen LogP contribution in [0.4, 0.5) is 0 Å². The van der Waals surface area contributed by atoms with Crippen molar-refractivity contribution in [3.63, 3.8) is 0 Å². The maximum atomic E-state index is 8.86. The average Bonchev–Trinajstić information content (AvgIpc) is 2.41. The Bertz CT molecular complexity index is 292. The molecule has 4 nitrogen and oxygen atoms in total. The van der Waals surface area contributed by atoms with E-state index >= 15 is 0 Å². The van der Waals surface area contributed by atoms with Gasteiger partial charge in [0.2, 0.25) is 0 Å². The molecule has 0 aromatic carbocycles. The van der Waals surface area contributed by atoms with Crippen LogP contribution in [0.1, 0.15) is 20.8 Å². The zero-order chi connectivity index (χ0) is 14.7. The maximum absolute atomic E-state index is 8.86. The molecule has 0 unspecified atom stereocenters. The molecule has 1 fully saturated rings. The Kier molecular flexibility index (Phi) is 10.4. The van der Waals surface area contributed by atoms with Gasteiger partial charge in [0.15, 0.2) is 0 Å². The van der Waals surface area contributed by atoms with E-state index in [1.54, 1.807) is 6.21 Å². The first-order valence-corrected chi connectivity index (χ1v) is 7.04. The van der Waals surface area contributed by atoms with Gasteiger partial charge in [-0.25, -0.2) is 0 Å². The number of aliphatic hydroxyl groups is 1. The van der Waals surface area contributed by atoms with Gasteiger partial charge in [-0.05, 0) is 12.5 Å². The van der Waals surface area contributed by atoms with Crippen LogP contribution in [-0.2, 0) is 0 Å². The van der Waals surface area contributed by atoms with E-state index in [1.165, 1.54) is 0 Å². The summed E-state index contributed by atoms with van der Waals surface area (Å²) in [4.78, 5) is 8.79. The number of aliphatic imine (C=N–C) groups is 1. The van der Waals surface area contributed by atoms with Crippen molar-refractivity contribution in [2.75, 3.05) is 45.9 Å². The molecule has 0 radical (unpaired) electrons. The van der Waals surface area contributed by atoms with Gasteiger partial charge >= 0.3 is 0 Å². The summed E-state index contributed by atoms with van der Waals surface area (Å²) in [5.74, 6) is 0. The second-order valence-electron chi connectivity index (χ2n) is 4.49. The Morgan fingerprint density at radius 1 is 1.16 bits per heavy atom. The third-order valence-corrected chi connectivity index (χ3v) is 2.78. The Labute approximate surface area is 118 Å². The lowest BCUT2D eigenvalue weighted by atomic mass is 10.2. The van der Waals surface area contributed by atoms with Crippen LogP contribution in [0.15, 0.2) is 29.4 Å². The lowest BCUT2D eigenvalue weighted by molar-refractivity contribution is 0.119. The first-order chi connectivity index (χ1) is 9.11. The molecule has 0 aromatic heterocycles. The fourth-order valence-electron chi connectivity index (χ4n) is 1.84. The molecule has 0 saturated carbocycles. The molecular weight excluding hydrogens is 238 g/mol. The minimum Gasteiger partial charge on any atom is -0.395 e.